The Morgan fingerprint density at radius 2 is 1.79 bits per heavy atom. The number of rotatable bonds is 6. The van der Waals surface area contributed by atoms with E-state index >= 15 is 0 Å². The van der Waals surface area contributed by atoms with Gasteiger partial charge in [0.05, 0.1) is 0 Å². The van der Waals surface area contributed by atoms with Crippen LogP contribution in [0.5, 0.6) is 0 Å². The zero-order chi connectivity index (χ0) is 19.9. The van der Waals surface area contributed by atoms with E-state index in [9.17, 15) is 9.18 Å². The third kappa shape index (κ3) is 6.69. The van der Waals surface area contributed by atoms with E-state index in [0.717, 1.165) is 29.7 Å². The number of aryl methyl sites for hydroxylation is 1. The second-order valence-electron chi connectivity index (χ2n) is 7.10. The standard InChI is InChI=1S/C22H27FN4O.HI/c1-16-8-9-18(12-20(16)23)14-26-22(24-2)25-13-17-5-3-6-19(11-17)15-27-10-4-7-21(27)28;/h3,5-6,8-9,11-12H,4,7,10,13-15H2,1-2H3,(H2,24,25,26);1H. The molecule has 5 nitrogen and oxygen atoms in total. The van der Waals surface area contributed by atoms with Crippen molar-refractivity contribution < 1.29 is 9.18 Å². The molecule has 0 aromatic heterocycles. The fraction of sp³-hybridized carbons (Fsp3) is 0.364. The minimum absolute atomic E-state index is 0. The molecule has 0 atom stereocenters. The van der Waals surface area contributed by atoms with Crippen LogP contribution in [0.1, 0.15) is 35.1 Å². The van der Waals surface area contributed by atoms with E-state index in [0.29, 0.717) is 37.6 Å². The maximum Gasteiger partial charge on any atom is 0.222 e. The molecule has 0 aliphatic carbocycles. The average Bonchev–Trinajstić information content (AvgIpc) is 3.09. The first-order chi connectivity index (χ1) is 13.5. The molecular weight excluding hydrogens is 482 g/mol. The van der Waals surface area contributed by atoms with Crippen LogP contribution in [-0.4, -0.2) is 30.4 Å². The van der Waals surface area contributed by atoms with Crippen molar-refractivity contribution in [3.8, 4) is 0 Å². The third-order valence-corrected chi connectivity index (χ3v) is 4.92. The molecule has 0 radical (unpaired) electrons. The van der Waals surface area contributed by atoms with E-state index in [1.165, 1.54) is 0 Å². The first-order valence-electron chi connectivity index (χ1n) is 9.60. The molecule has 3 rings (SSSR count). The Hall–Kier alpha value is -2.16. The lowest BCUT2D eigenvalue weighted by Gasteiger charge is -2.16. The summed E-state index contributed by atoms with van der Waals surface area (Å²) in [6.07, 6.45) is 1.61. The van der Waals surface area contributed by atoms with Gasteiger partial charge in [-0.15, -0.1) is 24.0 Å². The van der Waals surface area contributed by atoms with Crippen molar-refractivity contribution in [1.82, 2.24) is 15.5 Å². The summed E-state index contributed by atoms with van der Waals surface area (Å²) >= 11 is 0. The second-order valence-corrected chi connectivity index (χ2v) is 7.10. The SMILES string of the molecule is CN=C(NCc1cccc(CN2CCCC2=O)c1)NCc1ccc(C)c(F)c1.I. The number of hydrogen-bond acceptors (Lipinski definition) is 2. The van der Waals surface area contributed by atoms with Crippen LogP contribution in [0.2, 0.25) is 0 Å². The van der Waals surface area contributed by atoms with Crippen molar-refractivity contribution in [3.63, 3.8) is 0 Å². The zero-order valence-corrected chi connectivity index (χ0v) is 19.2. The predicted molar refractivity (Wildman–Crippen MR) is 125 cm³/mol. The van der Waals surface area contributed by atoms with Gasteiger partial charge in [0.2, 0.25) is 5.91 Å². The normalized spacial score (nSPS) is 14.0. The number of aliphatic imine (C=N–C) groups is 1. The van der Waals surface area contributed by atoms with Crippen LogP contribution < -0.4 is 10.6 Å². The van der Waals surface area contributed by atoms with Crippen molar-refractivity contribution in [1.29, 1.82) is 0 Å². The molecule has 156 valence electrons. The van der Waals surface area contributed by atoms with Gasteiger partial charge in [0.25, 0.3) is 0 Å². The number of nitrogens with zero attached hydrogens (tertiary/aromatic N) is 2. The van der Waals surface area contributed by atoms with Crippen molar-refractivity contribution in [2.75, 3.05) is 13.6 Å². The quantitative estimate of drug-likeness (QED) is 0.354. The number of guanidine groups is 1. The van der Waals surface area contributed by atoms with Crippen molar-refractivity contribution in [2.45, 2.75) is 39.4 Å². The smallest absolute Gasteiger partial charge is 0.222 e. The van der Waals surface area contributed by atoms with Gasteiger partial charge in [-0.3, -0.25) is 9.79 Å². The average molecular weight is 510 g/mol. The summed E-state index contributed by atoms with van der Waals surface area (Å²) in [7, 11) is 1.71. The Balaban J connectivity index is 0.00000300. The summed E-state index contributed by atoms with van der Waals surface area (Å²) in [6, 6.07) is 13.4. The molecule has 0 saturated carbocycles. The molecule has 2 aromatic carbocycles. The van der Waals surface area contributed by atoms with E-state index in [1.54, 1.807) is 26.1 Å². The number of benzene rings is 2. The van der Waals surface area contributed by atoms with Gasteiger partial charge >= 0.3 is 0 Å². The summed E-state index contributed by atoms with van der Waals surface area (Å²) in [5, 5.41) is 6.48. The van der Waals surface area contributed by atoms with Gasteiger partial charge in [0, 0.05) is 39.6 Å². The molecule has 1 heterocycles. The molecular formula is C22H28FIN4O. The highest BCUT2D eigenvalue weighted by atomic mass is 127. The summed E-state index contributed by atoms with van der Waals surface area (Å²) in [5.74, 6) is 0.692. The molecule has 1 saturated heterocycles. The lowest BCUT2D eigenvalue weighted by atomic mass is 10.1. The zero-order valence-electron chi connectivity index (χ0n) is 16.9. The fourth-order valence-corrected chi connectivity index (χ4v) is 3.27. The molecule has 1 amide bonds. The van der Waals surface area contributed by atoms with Gasteiger partial charge in [-0.1, -0.05) is 36.4 Å². The Morgan fingerprint density at radius 3 is 2.41 bits per heavy atom. The second kappa shape index (κ2) is 11.1. The van der Waals surface area contributed by atoms with Gasteiger partial charge < -0.3 is 15.5 Å². The molecule has 0 spiro atoms. The number of nitrogens with one attached hydrogen (secondary N) is 2. The van der Waals surface area contributed by atoms with Gasteiger partial charge in [-0.25, -0.2) is 4.39 Å². The molecule has 1 fully saturated rings. The topological polar surface area (TPSA) is 56.7 Å². The van der Waals surface area contributed by atoms with E-state index in [2.05, 4.69) is 21.7 Å². The highest BCUT2D eigenvalue weighted by molar-refractivity contribution is 14.0. The van der Waals surface area contributed by atoms with Gasteiger partial charge in [0.15, 0.2) is 5.96 Å². The summed E-state index contributed by atoms with van der Waals surface area (Å²) < 4.78 is 13.7. The minimum atomic E-state index is -0.199. The maximum absolute atomic E-state index is 13.7. The molecule has 0 bridgehead atoms. The van der Waals surface area contributed by atoms with Crippen molar-refractivity contribution in [3.05, 3.63) is 70.5 Å². The molecule has 29 heavy (non-hydrogen) atoms. The Kier molecular flexibility index (Phi) is 8.88. The van der Waals surface area contributed by atoms with Gasteiger partial charge in [-0.2, -0.15) is 0 Å². The van der Waals surface area contributed by atoms with Crippen molar-refractivity contribution in [2.24, 2.45) is 4.99 Å². The molecule has 2 N–H and O–H groups in total. The Labute approximate surface area is 188 Å². The third-order valence-electron chi connectivity index (χ3n) is 4.92. The van der Waals surface area contributed by atoms with Crippen molar-refractivity contribution >= 4 is 35.8 Å². The van der Waals surface area contributed by atoms with E-state index in [4.69, 9.17) is 0 Å². The monoisotopic (exact) mass is 510 g/mol. The fourth-order valence-electron chi connectivity index (χ4n) is 3.27. The highest BCUT2D eigenvalue weighted by Crippen LogP contribution is 2.15. The van der Waals surface area contributed by atoms with Crippen LogP contribution >= 0.6 is 24.0 Å². The lowest BCUT2D eigenvalue weighted by molar-refractivity contribution is -0.128. The number of carbonyl (C=O) groups excluding carboxylic acids is 1. The summed E-state index contributed by atoms with van der Waals surface area (Å²) in [5.41, 5.74) is 3.76. The number of likely N-dealkylation sites (tertiary alicyclic amines) is 1. The first kappa shape index (κ1) is 23.1. The van der Waals surface area contributed by atoms with Gasteiger partial charge in [0.1, 0.15) is 5.82 Å². The Bertz CT molecular complexity index is 872. The lowest BCUT2D eigenvalue weighted by Crippen LogP contribution is -2.36. The number of amides is 1. The minimum Gasteiger partial charge on any atom is -0.352 e. The summed E-state index contributed by atoms with van der Waals surface area (Å²) in [6.45, 7) is 4.37. The van der Waals surface area contributed by atoms with E-state index in [1.807, 2.05) is 29.2 Å². The van der Waals surface area contributed by atoms with E-state index < -0.39 is 0 Å². The molecule has 1 aliphatic heterocycles. The molecule has 2 aromatic rings. The van der Waals surface area contributed by atoms with Crippen LogP contribution in [0, 0.1) is 12.7 Å². The van der Waals surface area contributed by atoms with Crippen LogP contribution in [0.3, 0.4) is 0 Å². The number of halogens is 2. The highest BCUT2D eigenvalue weighted by Gasteiger charge is 2.19. The number of hydrogen-bond donors (Lipinski definition) is 2. The molecule has 0 unspecified atom stereocenters. The molecule has 7 heteroatoms. The van der Waals surface area contributed by atoms with E-state index in [-0.39, 0.29) is 35.7 Å². The maximum atomic E-state index is 13.7. The van der Waals surface area contributed by atoms with Crippen LogP contribution in [0.15, 0.2) is 47.5 Å². The summed E-state index contributed by atoms with van der Waals surface area (Å²) in [4.78, 5) is 17.9. The Morgan fingerprint density at radius 1 is 1.10 bits per heavy atom. The predicted octanol–water partition coefficient (Wildman–Crippen LogP) is 3.74. The first-order valence-corrected chi connectivity index (χ1v) is 9.60. The van der Waals surface area contributed by atoms with Crippen LogP contribution in [0.25, 0.3) is 0 Å². The number of carbonyl (C=O) groups is 1. The largest absolute Gasteiger partial charge is 0.352 e. The molecule has 1 aliphatic rings. The van der Waals surface area contributed by atoms with Gasteiger partial charge in [-0.05, 0) is 41.7 Å². The van der Waals surface area contributed by atoms with Crippen LogP contribution in [0.4, 0.5) is 4.39 Å². The van der Waals surface area contributed by atoms with Crippen LogP contribution in [-0.2, 0) is 24.4 Å².